The second-order valence-corrected chi connectivity index (χ2v) is 4.57. The van der Waals surface area contributed by atoms with Crippen LogP contribution in [0, 0.1) is 0 Å². The molecule has 0 aromatic carbocycles. The van der Waals surface area contributed by atoms with Crippen molar-refractivity contribution >= 4 is 46.3 Å². The van der Waals surface area contributed by atoms with Gasteiger partial charge in [0.2, 0.25) is 0 Å². The number of nitrogens with zero attached hydrogens (tertiary/aromatic N) is 2. The fraction of sp³-hybridized carbons (Fsp3) is 0.500. The van der Waals surface area contributed by atoms with Gasteiger partial charge in [0.25, 0.3) is 0 Å². The lowest BCUT2D eigenvalue weighted by atomic mass is 10.8. The maximum absolute atomic E-state index is 5.54. The number of hydrogen-bond donors (Lipinski definition) is 0. The molecule has 0 atom stereocenters. The minimum Gasteiger partial charge on any atom is -0.140 e. The lowest BCUT2D eigenvalue weighted by molar-refractivity contribution is 0.973. The van der Waals surface area contributed by atoms with E-state index in [0.29, 0.717) is 5.01 Å². The van der Waals surface area contributed by atoms with Gasteiger partial charge in [-0.25, -0.2) is 0 Å². The quantitative estimate of drug-likeness (QED) is 0.560. The lowest BCUT2D eigenvalue weighted by Crippen LogP contribution is -1.77. The van der Waals surface area contributed by atoms with Crippen LogP contribution in [0.2, 0.25) is 0 Å². The van der Waals surface area contributed by atoms with Gasteiger partial charge in [0.05, 0.1) is 0 Å². The molecule has 2 nitrogen and oxygen atoms in total. The third-order valence-electron chi connectivity index (χ3n) is 0.783. The van der Waals surface area contributed by atoms with Crippen molar-refractivity contribution in [2.75, 3.05) is 6.26 Å². The lowest BCUT2D eigenvalue weighted by Gasteiger charge is -1.87. The predicted molar refractivity (Wildman–Crippen MR) is 46.1 cm³/mol. The summed E-state index contributed by atoms with van der Waals surface area (Å²) in [6.07, 6.45) is 1.93. The van der Waals surface area contributed by atoms with Crippen molar-refractivity contribution in [3.8, 4) is 0 Å². The van der Waals surface area contributed by atoms with Gasteiger partial charge in [-0.3, -0.25) is 0 Å². The molecule has 0 N–H and O–H groups in total. The van der Waals surface area contributed by atoms with E-state index in [9.17, 15) is 0 Å². The number of aromatic nitrogens is 2. The number of alkyl halides is 2. The largest absolute Gasteiger partial charge is 0.174 e. The van der Waals surface area contributed by atoms with Crippen molar-refractivity contribution in [1.82, 2.24) is 10.2 Å². The molecule has 0 saturated carbocycles. The first kappa shape index (κ1) is 8.59. The van der Waals surface area contributed by atoms with E-state index >= 15 is 0 Å². The van der Waals surface area contributed by atoms with Crippen LogP contribution in [0.25, 0.3) is 0 Å². The summed E-state index contributed by atoms with van der Waals surface area (Å²) >= 11 is 14.0. The number of rotatable bonds is 2. The molecule has 10 heavy (non-hydrogen) atoms. The number of thioether (sulfide) groups is 1. The van der Waals surface area contributed by atoms with Gasteiger partial charge in [-0.15, -0.1) is 10.2 Å². The van der Waals surface area contributed by atoms with E-state index in [1.165, 1.54) is 23.1 Å². The summed E-state index contributed by atoms with van der Waals surface area (Å²) < 4.78 is 0.890. The van der Waals surface area contributed by atoms with E-state index in [-0.39, 0.29) is 0 Å². The van der Waals surface area contributed by atoms with Gasteiger partial charge >= 0.3 is 0 Å². The van der Waals surface area contributed by atoms with Crippen LogP contribution in [0.3, 0.4) is 0 Å². The van der Waals surface area contributed by atoms with Crippen molar-refractivity contribution in [2.45, 2.75) is 9.18 Å². The van der Waals surface area contributed by atoms with Crippen LogP contribution in [0.15, 0.2) is 4.34 Å². The number of hydrogen-bond acceptors (Lipinski definition) is 4. The van der Waals surface area contributed by atoms with Crippen molar-refractivity contribution in [1.29, 1.82) is 0 Å². The van der Waals surface area contributed by atoms with E-state index in [0.717, 1.165) is 4.34 Å². The Morgan fingerprint density at radius 2 is 2.20 bits per heavy atom. The van der Waals surface area contributed by atoms with Crippen molar-refractivity contribution in [3.63, 3.8) is 0 Å². The molecule has 1 aromatic rings. The Labute approximate surface area is 76.9 Å². The molecular weight excluding hydrogens is 211 g/mol. The molecule has 0 spiro atoms. The van der Waals surface area contributed by atoms with Crippen LogP contribution >= 0.6 is 46.3 Å². The summed E-state index contributed by atoms with van der Waals surface area (Å²) in [7, 11) is 0. The van der Waals surface area contributed by atoms with Crippen LogP contribution in [0.4, 0.5) is 0 Å². The summed E-state index contributed by atoms with van der Waals surface area (Å²) in [4.78, 5) is -0.543. The highest BCUT2D eigenvalue weighted by molar-refractivity contribution is 8.00. The van der Waals surface area contributed by atoms with Gasteiger partial charge in [-0.1, -0.05) is 46.3 Å². The van der Waals surface area contributed by atoms with E-state index in [1.807, 2.05) is 6.26 Å². The zero-order valence-corrected chi connectivity index (χ0v) is 8.19. The summed E-state index contributed by atoms with van der Waals surface area (Å²) in [5, 5.41) is 8.25. The van der Waals surface area contributed by atoms with Crippen molar-refractivity contribution in [3.05, 3.63) is 5.01 Å². The molecule has 0 bridgehead atoms. The van der Waals surface area contributed by atoms with E-state index < -0.39 is 4.84 Å². The van der Waals surface area contributed by atoms with E-state index in [1.54, 1.807) is 0 Å². The second kappa shape index (κ2) is 3.76. The fourth-order valence-electron chi connectivity index (χ4n) is 0.391. The molecule has 0 aliphatic rings. The maximum Gasteiger partial charge on any atom is 0.174 e. The van der Waals surface area contributed by atoms with Crippen LogP contribution in [0.1, 0.15) is 9.84 Å². The monoisotopic (exact) mass is 214 g/mol. The molecule has 0 aliphatic carbocycles. The molecule has 56 valence electrons. The first-order chi connectivity index (χ1) is 4.74. The minimum absolute atomic E-state index is 0.543. The third kappa shape index (κ3) is 1.99. The van der Waals surface area contributed by atoms with Crippen LogP contribution in [-0.4, -0.2) is 16.5 Å². The maximum atomic E-state index is 5.54. The summed E-state index contributed by atoms with van der Waals surface area (Å²) in [6, 6.07) is 0. The van der Waals surface area contributed by atoms with E-state index in [4.69, 9.17) is 23.2 Å². The summed E-state index contributed by atoms with van der Waals surface area (Å²) in [6.45, 7) is 0. The van der Waals surface area contributed by atoms with Crippen LogP contribution in [0.5, 0.6) is 0 Å². The summed E-state index contributed by atoms with van der Waals surface area (Å²) in [5.41, 5.74) is 0. The van der Waals surface area contributed by atoms with Gasteiger partial charge in [-0.05, 0) is 6.26 Å². The molecule has 0 amide bonds. The highest BCUT2D eigenvalue weighted by atomic mass is 35.5. The van der Waals surface area contributed by atoms with Gasteiger partial charge < -0.3 is 0 Å². The predicted octanol–water partition coefficient (Wildman–Crippen LogP) is 2.74. The molecule has 1 aromatic heterocycles. The van der Waals surface area contributed by atoms with Gasteiger partial charge in [-0.2, -0.15) is 0 Å². The molecule has 0 radical (unpaired) electrons. The highest BCUT2D eigenvalue weighted by Crippen LogP contribution is 2.30. The molecule has 6 heteroatoms. The molecular formula is C4H4Cl2N2S2. The van der Waals surface area contributed by atoms with Crippen LogP contribution < -0.4 is 0 Å². The molecule has 0 aliphatic heterocycles. The zero-order valence-electron chi connectivity index (χ0n) is 5.04. The molecule has 0 saturated heterocycles. The average Bonchev–Trinajstić information content (AvgIpc) is 2.34. The molecule has 0 fully saturated rings. The van der Waals surface area contributed by atoms with E-state index in [2.05, 4.69) is 10.2 Å². The smallest absolute Gasteiger partial charge is 0.140 e. The Morgan fingerprint density at radius 1 is 1.50 bits per heavy atom. The first-order valence-corrected chi connectivity index (χ1v) is 5.31. The molecule has 1 heterocycles. The SMILES string of the molecule is CSc1nnc(C(Cl)Cl)s1. The third-order valence-corrected chi connectivity index (χ3v) is 3.42. The van der Waals surface area contributed by atoms with Gasteiger partial charge in [0, 0.05) is 0 Å². The summed E-state index contributed by atoms with van der Waals surface area (Å²) in [5.74, 6) is 0. The molecule has 0 unspecified atom stereocenters. The second-order valence-electron chi connectivity index (χ2n) is 1.41. The average molecular weight is 215 g/mol. The van der Waals surface area contributed by atoms with Gasteiger partial charge in [0.15, 0.2) is 14.2 Å². The Bertz CT molecular complexity index is 213. The minimum atomic E-state index is -0.543. The Morgan fingerprint density at radius 3 is 2.50 bits per heavy atom. The Hall–Kier alpha value is 0.490. The Kier molecular flexibility index (Phi) is 3.23. The normalized spacial score (nSPS) is 10.8. The van der Waals surface area contributed by atoms with Crippen molar-refractivity contribution in [2.24, 2.45) is 0 Å². The van der Waals surface area contributed by atoms with Gasteiger partial charge in [0.1, 0.15) is 0 Å². The fourth-order valence-corrected chi connectivity index (χ4v) is 1.89. The zero-order chi connectivity index (χ0) is 7.56. The first-order valence-electron chi connectivity index (χ1n) is 2.39. The standard InChI is InChI=1S/C4H4Cl2N2S2/c1-9-4-8-7-3(10-4)2(5)6/h2H,1H3. The Balaban J connectivity index is 2.78. The topological polar surface area (TPSA) is 25.8 Å². The number of halogens is 2. The highest BCUT2D eigenvalue weighted by Gasteiger charge is 2.09. The van der Waals surface area contributed by atoms with Crippen molar-refractivity contribution < 1.29 is 0 Å². The molecule has 1 rings (SSSR count). The van der Waals surface area contributed by atoms with Crippen LogP contribution in [-0.2, 0) is 0 Å².